The Morgan fingerprint density at radius 2 is 0.625 bits per heavy atom. The Labute approximate surface area is 675 Å². The third-order valence-electron chi connectivity index (χ3n) is 22.8. The van der Waals surface area contributed by atoms with Crippen LogP contribution in [0.4, 0.5) is 8.78 Å². The third kappa shape index (κ3) is 17.8. The van der Waals surface area contributed by atoms with Crippen molar-refractivity contribution < 1.29 is 32.5 Å². The Morgan fingerprint density at radius 1 is 0.277 bits per heavy atom. The molecule has 0 unspecified atom stereocenters. The minimum absolute atomic E-state index is 0.128. The largest absolute Gasteiger partial charge is 0.223 e. The van der Waals surface area contributed by atoms with Crippen LogP contribution in [0.15, 0.2) is 194 Å². The lowest BCUT2D eigenvalue weighted by Gasteiger charge is -2.15. The number of fused-ring (bicyclic) bond motifs is 4. The van der Waals surface area contributed by atoms with Crippen molar-refractivity contribution in [2.45, 2.75) is 178 Å². The Balaban J connectivity index is 0.000000152. The van der Waals surface area contributed by atoms with Gasteiger partial charge in [0, 0.05) is 63.0 Å². The predicted molar refractivity (Wildman–Crippen MR) is 474 cm³/mol. The first-order valence-corrected chi connectivity index (χ1v) is 40.4. The van der Waals surface area contributed by atoms with Gasteiger partial charge in [-0.05, 0) is 283 Å². The summed E-state index contributed by atoms with van der Waals surface area (Å²) < 4.78 is 72.9. The smallest absolute Gasteiger partial charge is 0.206 e. The SMILES string of the molecule is [2H]c1c(C)[n+](C)c(-c2c(C)c(C)cc(C)c2F)c2ccc(CC(C)C)cc12.[2H]c1c(C)[n+](C)c(-c2cc(C)c(F)c(C)c2C)c2ccc(CC(C)C)cc12.[2H]c1c(C)[n+](C)c(-c2ccc(-c3c(C)cccc3C)cc2C)c2ccc(CC(C)C)cc12.[2H]c1c(C)[n+](C)c(-c2ccc(-c3ccccc3)cc2C)c2ccc(CC(C)C)cc12. The number of rotatable bonds is 14. The molecular formula is C106H122F2N4+4. The highest BCUT2D eigenvalue weighted by Crippen LogP contribution is 2.40. The van der Waals surface area contributed by atoms with E-state index < -0.39 is 0 Å². The molecule has 0 radical (unpaired) electrons. The fraction of sp³-hybridized carbons (Fsp3) is 0.321. The van der Waals surface area contributed by atoms with E-state index >= 15 is 4.39 Å². The molecule has 4 heterocycles. The van der Waals surface area contributed by atoms with Gasteiger partial charge in [-0.25, -0.2) is 8.78 Å². The van der Waals surface area contributed by atoms with E-state index in [1.807, 2.05) is 93.1 Å². The second-order valence-electron chi connectivity index (χ2n) is 33.7. The monoisotopic (exact) mass is 1490 g/mol. The first kappa shape index (κ1) is 77.0. The van der Waals surface area contributed by atoms with Crippen LogP contribution in [0, 0.1) is 132 Å². The Bertz CT molecular complexity index is 6100. The van der Waals surface area contributed by atoms with E-state index in [0.29, 0.717) is 70.1 Å². The van der Waals surface area contributed by atoms with Crippen LogP contribution in [-0.4, -0.2) is 0 Å². The van der Waals surface area contributed by atoms with Gasteiger partial charge in [0.15, 0.2) is 22.8 Å². The summed E-state index contributed by atoms with van der Waals surface area (Å²) in [5.74, 6) is 2.03. The molecule has 0 aliphatic heterocycles. The van der Waals surface area contributed by atoms with Gasteiger partial charge in [0.25, 0.3) is 0 Å². The van der Waals surface area contributed by atoms with Gasteiger partial charge in [0.2, 0.25) is 22.8 Å². The Hall–Kier alpha value is -10.3. The molecular weight excluding hydrogens is 1370 g/mol. The summed E-state index contributed by atoms with van der Waals surface area (Å²) in [6.07, 6.45) is 4.05. The van der Waals surface area contributed by atoms with Crippen LogP contribution >= 0.6 is 0 Å². The summed E-state index contributed by atoms with van der Waals surface area (Å²) in [6, 6.07) is 62.8. The normalized spacial score (nSPS) is 12.0. The summed E-state index contributed by atoms with van der Waals surface area (Å²) in [6.45, 7) is 46.0. The molecule has 0 spiro atoms. The molecule has 0 amide bonds. The molecule has 14 aromatic rings. The Morgan fingerprint density at radius 3 is 1.01 bits per heavy atom. The number of nitrogens with zero attached hydrogens (tertiary/aromatic N) is 4. The van der Waals surface area contributed by atoms with Crippen LogP contribution < -0.4 is 18.3 Å². The molecule has 4 nitrogen and oxygen atoms in total. The van der Waals surface area contributed by atoms with Gasteiger partial charge in [0.1, 0.15) is 39.8 Å². The average molecular weight is 1490 g/mol. The van der Waals surface area contributed by atoms with Gasteiger partial charge in [-0.15, -0.1) is 0 Å². The molecule has 14 rings (SSSR count). The maximum atomic E-state index is 15.3. The molecule has 112 heavy (non-hydrogen) atoms. The highest BCUT2D eigenvalue weighted by Gasteiger charge is 2.28. The summed E-state index contributed by atoms with van der Waals surface area (Å²) >= 11 is 0. The third-order valence-corrected chi connectivity index (χ3v) is 22.8. The fourth-order valence-corrected chi connectivity index (χ4v) is 16.5. The minimum atomic E-state index is -0.168. The van der Waals surface area contributed by atoms with Crippen LogP contribution in [0.3, 0.4) is 0 Å². The lowest BCUT2D eigenvalue weighted by atomic mass is 9.91. The van der Waals surface area contributed by atoms with Crippen molar-refractivity contribution in [1.29, 1.82) is 0 Å². The number of halogens is 2. The van der Waals surface area contributed by atoms with Crippen molar-refractivity contribution in [2.75, 3.05) is 0 Å². The van der Waals surface area contributed by atoms with Crippen LogP contribution in [-0.2, 0) is 53.9 Å². The van der Waals surface area contributed by atoms with E-state index in [1.165, 1.54) is 89.3 Å². The average Bonchev–Trinajstić information content (AvgIpc) is 0.757. The predicted octanol–water partition coefficient (Wildman–Crippen LogP) is 26.0. The van der Waals surface area contributed by atoms with Crippen LogP contribution in [0.1, 0.15) is 162 Å². The maximum absolute atomic E-state index is 15.3. The Kier molecular flexibility index (Phi) is 23.9. The van der Waals surface area contributed by atoms with Crippen molar-refractivity contribution in [2.24, 2.45) is 51.9 Å². The zero-order valence-corrected chi connectivity index (χ0v) is 71.8. The van der Waals surface area contributed by atoms with Gasteiger partial charge < -0.3 is 0 Å². The van der Waals surface area contributed by atoms with Crippen LogP contribution in [0.5, 0.6) is 0 Å². The number of benzene rings is 10. The lowest BCUT2D eigenvalue weighted by molar-refractivity contribution is -0.665. The number of aryl methyl sites for hydroxylation is 7. The van der Waals surface area contributed by atoms with E-state index in [2.05, 4.69) is 276 Å². The number of pyridine rings is 4. The van der Waals surface area contributed by atoms with Crippen molar-refractivity contribution in [3.8, 4) is 67.3 Å². The maximum Gasteiger partial charge on any atom is 0.223 e. The second-order valence-corrected chi connectivity index (χ2v) is 33.7. The minimum Gasteiger partial charge on any atom is -0.206 e. The standard InChI is InChI=1S/C30H34N.C28H30N.2C24H29FN/c1-19(2)15-24-11-13-28-26(18-24)17-23(6)31(7)30(28)27-14-12-25(16-22(27)5)29-20(3)9-8-10-21(29)4;1-19(2)15-22-11-13-27-25(18-22)17-21(4)29(5)28(27)26-14-12-24(16-20(26)3)23-9-7-6-8-10-23;1-14(2)10-19-8-9-21-20(13-19)12-16(4)26(7)24(21)22-11-15(3)23(25)18(6)17(22)5;1-14(2)10-19-8-9-21-20(13-19)12-17(5)26(7)24(21)22-18(6)15(3)11-16(4)23(22)25/h8-14,16-19H,15H2,1-7H3;6-14,16-19H,15H2,1-5H3;2*8-9,11-14H,10H2,1-7H3/q4*+1/i2*17D;2*12D. The summed E-state index contributed by atoms with van der Waals surface area (Å²) in [5.41, 5.74) is 32.5. The summed E-state index contributed by atoms with van der Waals surface area (Å²) in [7, 11) is 8.09. The second kappa shape index (κ2) is 34.8. The highest BCUT2D eigenvalue weighted by atomic mass is 19.1. The van der Waals surface area contributed by atoms with Gasteiger partial charge in [-0.1, -0.05) is 183 Å². The van der Waals surface area contributed by atoms with E-state index in [0.717, 1.165) is 125 Å². The molecule has 0 saturated carbocycles. The zero-order valence-electron chi connectivity index (χ0n) is 75.8. The van der Waals surface area contributed by atoms with Gasteiger partial charge in [-0.3, -0.25) is 0 Å². The molecule has 0 N–H and O–H groups in total. The molecule has 0 bridgehead atoms. The molecule has 0 fully saturated rings. The van der Waals surface area contributed by atoms with Crippen molar-refractivity contribution in [3.05, 3.63) is 306 Å². The topological polar surface area (TPSA) is 15.5 Å². The molecule has 6 heteroatoms. The first-order valence-electron chi connectivity index (χ1n) is 42.4. The number of aromatic nitrogens is 4. The fourth-order valence-electron chi connectivity index (χ4n) is 16.5. The van der Waals surface area contributed by atoms with Gasteiger partial charge in [-0.2, -0.15) is 18.3 Å². The van der Waals surface area contributed by atoms with Gasteiger partial charge >= 0.3 is 0 Å². The molecule has 0 aliphatic rings. The van der Waals surface area contributed by atoms with E-state index in [9.17, 15) is 4.39 Å². The molecule has 10 aromatic carbocycles. The highest BCUT2D eigenvalue weighted by molar-refractivity contribution is 5.98. The number of hydrogen-bond donors (Lipinski definition) is 0. The molecule has 576 valence electrons. The summed E-state index contributed by atoms with van der Waals surface area (Å²) in [5, 5.41) is 8.25. The lowest BCUT2D eigenvalue weighted by Crippen LogP contribution is -2.35. The molecule has 0 saturated heterocycles. The molecule has 0 aliphatic carbocycles. The number of hydrogen-bond acceptors (Lipinski definition) is 0. The first-order chi connectivity index (χ1) is 54.8. The van der Waals surface area contributed by atoms with Crippen molar-refractivity contribution in [1.82, 2.24) is 0 Å². The van der Waals surface area contributed by atoms with Crippen molar-refractivity contribution in [3.63, 3.8) is 0 Å². The van der Waals surface area contributed by atoms with Crippen molar-refractivity contribution >= 4 is 43.1 Å². The molecule has 4 aromatic heterocycles. The van der Waals surface area contributed by atoms with E-state index in [1.54, 1.807) is 0 Å². The van der Waals surface area contributed by atoms with Crippen LogP contribution in [0.25, 0.3) is 110 Å². The van der Waals surface area contributed by atoms with Gasteiger partial charge in [0.05, 0.1) is 38.2 Å². The molecule has 0 atom stereocenters. The quantitative estimate of drug-likeness (QED) is 0.0965. The summed E-state index contributed by atoms with van der Waals surface area (Å²) in [4.78, 5) is 0. The van der Waals surface area contributed by atoms with Crippen LogP contribution in [0.2, 0.25) is 0 Å². The zero-order chi connectivity index (χ0) is 84.6. The van der Waals surface area contributed by atoms with E-state index in [4.69, 9.17) is 5.48 Å². The van der Waals surface area contributed by atoms with E-state index in [-0.39, 0.29) is 11.6 Å².